The summed E-state index contributed by atoms with van der Waals surface area (Å²) < 4.78 is 5.44. The number of carbonyl (C=O) groups excluding carboxylic acids is 2. The second-order valence-electron chi connectivity index (χ2n) is 7.32. The van der Waals surface area contributed by atoms with Gasteiger partial charge >= 0.3 is 0 Å². The van der Waals surface area contributed by atoms with Crippen molar-refractivity contribution < 1.29 is 14.3 Å². The molecule has 0 radical (unpaired) electrons. The standard InChI is InChI=1S/C22H19Cl2NO3/c1-2-9-28-22-13(23)10-12(11-14(22)24)19-20-15(5-3-7-17(20)26)25-16-6-4-8-18(27)21(16)19/h1,10-11,19-20H,3-9H2/t19-,20?/m1/s1. The lowest BCUT2D eigenvalue weighted by atomic mass is 9.67. The number of nitrogens with zero attached hydrogens (tertiary/aromatic N) is 1. The molecule has 0 spiro atoms. The van der Waals surface area contributed by atoms with Crippen LogP contribution in [0.25, 0.3) is 0 Å². The molecule has 0 saturated heterocycles. The van der Waals surface area contributed by atoms with Crippen LogP contribution in [-0.4, -0.2) is 23.9 Å². The Morgan fingerprint density at radius 2 is 1.79 bits per heavy atom. The summed E-state index contributed by atoms with van der Waals surface area (Å²) in [5, 5.41) is 0.631. The van der Waals surface area contributed by atoms with E-state index < -0.39 is 5.92 Å². The summed E-state index contributed by atoms with van der Waals surface area (Å²) in [6, 6.07) is 3.47. The number of allylic oxidation sites excluding steroid dienone is 2. The van der Waals surface area contributed by atoms with Crippen molar-refractivity contribution in [1.82, 2.24) is 0 Å². The molecule has 0 aromatic heterocycles. The van der Waals surface area contributed by atoms with Crippen LogP contribution >= 0.6 is 23.2 Å². The van der Waals surface area contributed by atoms with Gasteiger partial charge in [-0.05, 0) is 43.4 Å². The molecule has 1 saturated carbocycles. The van der Waals surface area contributed by atoms with E-state index in [0.29, 0.717) is 34.2 Å². The molecule has 0 bridgehead atoms. The van der Waals surface area contributed by atoms with Gasteiger partial charge in [0.1, 0.15) is 12.4 Å². The zero-order chi connectivity index (χ0) is 19.8. The number of hydrogen-bond acceptors (Lipinski definition) is 4. The molecule has 1 unspecified atom stereocenters. The third-order valence-electron chi connectivity index (χ3n) is 5.59. The molecular formula is C22H19Cl2NO3. The van der Waals surface area contributed by atoms with Crippen LogP contribution in [0.2, 0.25) is 10.0 Å². The summed E-state index contributed by atoms with van der Waals surface area (Å²) in [6.07, 6.45) is 9.36. The molecule has 1 aromatic rings. The number of ether oxygens (including phenoxy) is 1. The van der Waals surface area contributed by atoms with Gasteiger partial charge in [-0.25, -0.2) is 0 Å². The van der Waals surface area contributed by atoms with Gasteiger partial charge in [-0.2, -0.15) is 0 Å². The van der Waals surface area contributed by atoms with E-state index in [0.717, 1.165) is 42.7 Å². The summed E-state index contributed by atoms with van der Waals surface area (Å²) in [7, 11) is 0. The van der Waals surface area contributed by atoms with Crippen molar-refractivity contribution in [2.45, 2.75) is 44.4 Å². The summed E-state index contributed by atoms with van der Waals surface area (Å²) >= 11 is 12.8. The van der Waals surface area contributed by atoms with E-state index in [1.165, 1.54) is 0 Å². The maximum atomic E-state index is 12.8. The number of fused-ring (bicyclic) bond motifs is 1. The number of carbonyl (C=O) groups is 2. The normalized spacial score (nSPS) is 24.2. The number of rotatable bonds is 3. The summed E-state index contributed by atoms with van der Waals surface area (Å²) in [5.41, 5.74) is 3.11. The molecule has 2 atom stereocenters. The van der Waals surface area contributed by atoms with Gasteiger partial charge in [-0.15, -0.1) is 6.42 Å². The number of hydrogen-bond donors (Lipinski definition) is 0. The molecule has 1 fully saturated rings. The van der Waals surface area contributed by atoms with Gasteiger partial charge in [0.05, 0.1) is 16.0 Å². The molecule has 4 nitrogen and oxygen atoms in total. The lowest BCUT2D eigenvalue weighted by Crippen LogP contribution is -2.39. The highest BCUT2D eigenvalue weighted by Crippen LogP contribution is 2.48. The molecule has 3 aliphatic rings. The Morgan fingerprint density at radius 1 is 1.07 bits per heavy atom. The molecule has 2 aliphatic carbocycles. The van der Waals surface area contributed by atoms with Crippen molar-refractivity contribution >= 4 is 40.5 Å². The minimum absolute atomic E-state index is 0.0495. The predicted molar refractivity (Wildman–Crippen MR) is 109 cm³/mol. The van der Waals surface area contributed by atoms with E-state index in [1.807, 2.05) is 0 Å². The molecule has 0 N–H and O–H groups in total. The highest BCUT2D eigenvalue weighted by Gasteiger charge is 2.44. The Labute approximate surface area is 174 Å². The minimum Gasteiger partial charge on any atom is -0.478 e. The van der Waals surface area contributed by atoms with Crippen molar-refractivity contribution in [3.8, 4) is 18.1 Å². The quantitative estimate of drug-likeness (QED) is 0.658. The van der Waals surface area contributed by atoms with E-state index in [4.69, 9.17) is 39.4 Å². The van der Waals surface area contributed by atoms with Crippen LogP contribution < -0.4 is 4.74 Å². The fraction of sp³-hybridized carbons (Fsp3) is 0.409. The molecule has 0 amide bonds. The van der Waals surface area contributed by atoms with Gasteiger partial charge in [-0.3, -0.25) is 14.6 Å². The van der Waals surface area contributed by atoms with Crippen LogP contribution in [0.15, 0.2) is 28.4 Å². The smallest absolute Gasteiger partial charge is 0.161 e. The maximum absolute atomic E-state index is 12.8. The molecule has 144 valence electrons. The molecule has 28 heavy (non-hydrogen) atoms. The average Bonchev–Trinajstić information content (AvgIpc) is 2.66. The van der Waals surface area contributed by atoms with Crippen molar-refractivity contribution in [3.63, 3.8) is 0 Å². The first kappa shape index (κ1) is 19.2. The van der Waals surface area contributed by atoms with E-state index >= 15 is 0 Å². The average molecular weight is 416 g/mol. The Morgan fingerprint density at radius 3 is 2.50 bits per heavy atom. The molecule has 1 aliphatic heterocycles. The van der Waals surface area contributed by atoms with Crippen molar-refractivity contribution in [2.24, 2.45) is 10.9 Å². The van der Waals surface area contributed by atoms with Gasteiger partial charge < -0.3 is 4.74 Å². The SMILES string of the molecule is C#CCOc1c(Cl)cc([C@H]2C3=C(CCCC3=O)N=C3CCCC(=O)C32)cc1Cl. The number of Topliss-reactive ketones (excluding diaryl/α,β-unsaturated/α-hetero) is 2. The van der Waals surface area contributed by atoms with Crippen LogP contribution in [0, 0.1) is 18.3 Å². The van der Waals surface area contributed by atoms with Crippen LogP contribution in [0.5, 0.6) is 5.75 Å². The van der Waals surface area contributed by atoms with Crippen LogP contribution in [0.1, 0.15) is 50.0 Å². The summed E-state index contributed by atoms with van der Waals surface area (Å²) in [5.74, 6) is 2.08. The van der Waals surface area contributed by atoms with Gasteiger partial charge in [0.25, 0.3) is 0 Å². The summed E-state index contributed by atoms with van der Waals surface area (Å²) in [6.45, 7) is 0.0495. The molecule has 4 rings (SSSR count). The molecule has 1 heterocycles. The monoisotopic (exact) mass is 415 g/mol. The van der Waals surface area contributed by atoms with Gasteiger partial charge in [0.2, 0.25) is 0 Å². The second-order valence-corrected chi connectivity index (χ2v) is 8.14. The summed E-state index contributed by atoms with van der Waals surface area (Å²) in [4.78, 5) is 30.4. The zero-order valence-electron chi connectivity index (χ0n) is 15.3. The first-order valence-corrected chi connectivity index (χ1v) is 10.2. The number of aliphatic imine (C=N–C) groups is 1. The first-order valence-electron chi connectivity index (χ1n) is 9.43. The largest absolute Gasteiger partial charge is 0.478 e. The predicted octanol–water partition coefficient (Wildman–Crippen LogP) is 4.92. The van der Waals surface area contributed by atoms with Gasteiger partial charge in [-0.1, -0.05) is 29.1 Å². The number of terminal acetylenes is 1. The van der Waals surface area contributed by atoms with E-state index in [2.05, 4.69) is 5.92 Å². The third-order valence-corrected chi connectivity index (χ3v) is 6.15. The number of halogens is 2. The highest BCUT2D eigenvalue weighted by molar-refractivity contribution is 6.37. The van der Waals surface area contributed by atoms with E-state index in [-0.39, 0.29) is 24.1 Å². The topological polar surface area (TPSA) is 55.7 Å². The van der Waals surface area contributed by atoms with Crippen molar-refractivity contribution in [3.05, 3.63) is 39.0 Å². The Balaban J connectivity index is 1.85. The Hall–Kier alpha value is -2.09. The van der Waals surface area contributed by atoms with Gasteiger partial charge in [0.15, 0.2) is 11.5 Å². The highest BCUT2D eigenvalue weighted by atomic mass is 35.5. The number of ketones is 2. The van der Waals surface area contributed by atoms with E-state index in [9.17, 15) is 9.59 Å². The third kappa shape index (κ3) is 3.27. The molecular weight excluding hydrogens is 397 g/mol. The maximum Gasteiger partial charge on any atom is 0.161 e. The lowest BCUT2D eigenvalue weighted by Gasteiger charge is -2.38. The fourth-order valence-corrected chi connectivity index (χ4v) is 5.08. The Bertz CT molecular complexity index is 947. The first-order chi connectivity index (χ1) is 13.5. The fourth-order valence-electron chi connectivity index (χ4n) is 4.47. The van der Waals surface area contributed by atoms with Crippen molar-refractivity contribution in [1.29, 1.82) is 0 Å². The zero-order valence-corrected chi connectivity index (χ0v) is 16.8. The van der Waals surface area contributed by atoms with Crippen molar-refractivity contribution in [2.75, 3.05) is 6.61 Å². The van der Waals surface area contributed by atoms with Crippen LogP contribution in [-0.2, 0) is 9.59 Å². The number of benzene rings is 1. The van der Waals surface area contributed by atoms with Crippen LogP contribution in [0.4, 0.5) is 0 Å². The molecule has 6 heteroatoms. The Kier molecular flexibility index (Phi) is 5.31. The molecule has 1 aromatic carbocycles. The lowest BCUT2D eigenvalue weighted by molar-refractivity contribution is -0.122. The van der Waals surface area contributed by atoms with Gasteiger partial charge in [0, 0.05) is 35.7 Å². The van der Waals surface area contributed by atoms with E-state index in [1.54, 1.807) is 12.1 Å². The van der Waals surface area contributed by atoms with Crippen LogP contribution in [0.3, 0.4) is 0 Å². The minimum atomic E-state index is -0.417. The second kappa shape index (κ2) is 7.73.